The highest BCUT2D eigenvalue weighted by Gasteiger charge is 2.47. The summed E-state index contributed by atoms with van der Waals surface area (Å²) in [6.45, 7) is 7.81. The van der Waals surface area contributed by atoms with Gasteiger partial charge in [0.1, 0.15) is 17.2 Å². The van der Waals surface area contributed by atoms with E-state index in [-0.39, 0.29) is 22.9 Å². The first kappa shape index (κ1) is 24.0. The lowest BCUT2D eigenvalue weighted by molar-refractivity contribution is -0.126. The van der Waals surface area contributed by atoms with Crippen LogP contribution >= 0.6 is 11.6 Å². The maximum atomic E-state index is 13.2. The number of carbonyl (C=O) groups is 2. The van der Waals surface area contributed by atoms with E-state index in [4.69, 9.17) is 16.3 Å². The van der Waals surface area contributed by atoms with Gasteiger partial charge in [0.2, 0.25) is 5.91 Å². The van der Waals surface area contributed by atoms with Crippen molar-refractivity contribution in [3.63, 3.8) is 0 Å². The summed E-state index contributed by atoms with van der Waals surface area (Å²) in [7, 11) is -3.92. The fraction of sp³-hybridized carbons (Fsp3) is 0.550. The largest absolute Gasteiger partial charge is 0.444 e. The molecule has 2 atom stereocenters. The van der Waals surface area contributed by atoms with Crippen LogP contribution in [0.25, 0.3) is 0 Å². The summed E-state index contributed by atoms with van der Waals surface area (Å²) in [5, 5.41) is 10.8. The van der Waals surface area contributed by atoms with E-state index in [1.54, 1.807) is 32.9 Å². The van der Waals surface area contributed by atoms with Gasteiger partial charge in [0.25, 0.3) is 0 Å². The summed E-state index contributed by atoms with van der Waals surface area (Å²) in [6, 6.07) is 6.87. The topological polar surface area (TPSA) is 117 Å². The summed E-state index contributed by atoms with van der Waals surface area (Å²) in [5.74, 6) is -0.621. The summed E-state index contributed by atoms with van der Waals surface area (Å²) in [4.78, 5) is 26.6. The maximum Gasteiger partial charge on any atom is 0.411 e. The Morgan fingerprint density at radius 2 is 1.83 bits per heavy atom. The molecule has 1 aliphatic rings. The average molecular weight is 456 g/mol. The molecule has 1 aromatic carbocycles. The molecule has 2 amide bonds. The molecular formula is C20H26ClN3O5S. The molecule has 8 nitrogen and oxygen atoms in total. The Bertz CT molecular complexity index is 979. The van der Waals surface area contributed by atoms with E-state index >= 15 is 0 Å². The standard InChI is InChI=1S/C20H26ClN3O5S/c1-19(2,3)29-18(26)24-11-13(10-15(24)17(25)23-20(4,5)12-22)30(27,28)16-9-7-6-8-14(16)21/h6-9,13,15H,10-11H2,1-5H3,(H,23,25)/t13-,15+/m1/s1. The van der Waals surface area contributed by atoms with Crippen molar-refractivity contribution in [1.29, 1.82) is 5.26 Å². The Balaban J connectivity index is 2.39. The third-order valence-electron chi connectivity index (χ3n) is 4.49. The number of ether oxygens (including phenoxy) is 1. The van der Waals surface area contributed by atoms with Crippen LogP contribution in [0.4, 0.5) is 4.79 Å². The van der Waals surface area contributed by atoms with Crippen molar-refractivity contribution in [2.75, 3.05) is 6.54 Å². The van der Waals surface area contributed by atoms with Crippen LogP contribution in [0, 0.1) is 11.3 Å². The molecule has 1 saturated heterocycles. The highest BCUT2D eigenvalue weighted by atomic mass is 35.5. The van der Waals surface area contributed by atoms with Crippen LogP contribution in [0.5, 0.6) is 0 Å². The first-order chi connectivity index (χ1) is 13.7. The molecule has 0 spiro atoms. The lowest BCUT2D eigenvalue weighted by Crippen LogP contribution is -2.52. The summed E-state index contributed by atoms with van der Waals surface area (Å²) in [6.07, 6.45) is -0.936. The van der Waals surface area contributed by atoms with Gasteiger partial charge in [-0.3, -0.25) is 9.69 Å². The Hall–Kier alpha value is -2.31. The van der Waals surface area contributed by atoms with Crippen LogP contribution < -0.4 is 5.32 Å². The van der Waals surface area contributed by atoms with Crippen LogP contribution in [0.1, 0.15) is 41.0 Å². The Morgan fingerprint density at radius 1 is 1.23 bits per heavy atom. The predicted molar refractivity (Wildman–Crippen MR) is 112 cm³/mol. The highest BCUT2D eigenvalue weighted by Crippen LogP contribution is 2.32. The molecular weight excluding hydrogens is 430 g/mol. The fourth-order valence-corrected chi connectivity index (χ4v) is 5.29. The number of amides is 2. The zero-order valence-corrected chi connectivity index (χ0v) is 19.2. The van der Waals surface area contributed by atoms with Crippen molar-refractivity contribution in [3.05, 3.63) is 29.3 Å². The molecule has 1 fully saturated rings. The van der Waals surface area contributed by atoms with Gasteiger partial charge in [-0.1, -0.05) is 23.7 Å². The van der Waals surface area contributed by atoms with Crippen molar-refractivity contribution >= 4 is 33.4 Å². The quantitative estimate of drug-likeness (QED) is 0.745. The second-order valence-electron chi connectivity index (χ2n) is 8.71. The Morgan fingerprint density at radius 3 is 2.37 bits per heavy atom. The number of nitrogens with one attached hydrogen (secondary N) is 1. The van der Waals surface area contributed by atoms with Gasteiger partial charge >= 0.3 is 6.09 Å². The van der Waals surface area contributed by atoms with E-state index in [0.29, 0.717) is 0 Å². The number of halogens is 1. The lowest BCUT2D eigenvalue weighted by Gasteiger charge is -2.29. The van der Waals surface area contributed by atoms with Gasteiger partial charge in [0.05, 0.1) is 21.2 Å². The lowest BCUT2D eigenvalue weighted by atomic mass is 10.1. The maximum absolute atomic E-state index is 13.2. The molecule has 10 heteroatoms. The van der Waals surface area contributed by atoms with Gasteiger partial charge in [-0.15, -0.1) is 0 Å². The second kappa shape index (κ2) is 8.44. The second-order valence-corrected chi connectivity index (χ2v) is 11.3. The summed E-state index contributed by atoms with van der Waals surface area (Å²) in [5.41, 5.74) is -2.01. The van der Waals surface area contributed by atoms with Gasteiger partial charge in [0, 0.05) is 6.54 Å². The van der Waals surface area contributed by atoms with Gasteiger partial charge < -0.3 is 10.1 Å². The minimum absolute atomic E-state index is 0.0563. The smallest absolute Gasteiger partial charge is 0.411 e. The molecule has 0 aliphatic carbocycles. The van der Waals surface area contributed by atoms with E-state index in [2.05, 4.69) is 5.32 Å². The third kappa shape index (κ3) is 5.43. The molecule has 0 bridgehead atoms. The highest BCUT2D eigenvalue weighted by molar-refractivity contribution is 7.92. The number of nitrogens with zero attached hydrogens (tertiary/aromatic N) is 2. The number of nitriles is 1. The van der Waals surface area contributed by atoms with E-state index in [1.165, 1.54) is 26.0 Å². The van der Waals surface area contributed by atoms with Crippen LogP contribution in [0.3, 0.4) is 0 Å². The normalized spacial score (nSPS) is 19.8. The first-order valence-electron chi connectivity index (χ1n) is 9.39. The summed E-state index contributed by atoms with van der Waals surface area (Å²) >= 11 is 6.08. The van der Waals surface area contributed by atoms with Gasteiger partial charge in [0.15, 0.2) is 9.84 Å². The molecule has 0 saturated carbocycles. The number of hydrogen-bond acceptors (Lipinski definition) is 6. The summed E-state index contributed by atoms with van der Waals surface area (Å²) < 4.78 is 31.7. The Labute approximate surface area is 182 Å². The van der Waals surface area contributed by atoms with E-state index < -0.39 is 44.3 Å². The van der Waals surface area contributed by atoms with Gasteiger partial charge in [-0.2, -0.15) is 5.26 Å². The van der Waals surface area contributed by atoms with Crippen molar-refractivity contribution in [1.82, 2.24) is 10.2 Å². The average Bonchev–Trinajstić information content (AvgIpc) is 3.07. The molecule has 1 aliphatic heterocycles. The number of likely N-dealkylation sites (tertiary alicyclic amines) is 1. The zero-order valence-electron chi connectivity index (χ0n) is 17.6. The third-order valence-corrected chi connectivity index (χ3v) is 7.12. The van der Waals surface area contributed by atoms with Crippen molar-refractivity contribution in [2.45, 2.75) is 68.4 Å². The molecule has 0 aromatic heterocycles. The van der Waals surface area contributed by atoms with E-state index in [1.807, 2.05) is 6.07 Å². The number of rotatable bonds is 4. The van der Waals surface area contributed by atoms with Gasteiger partial charge in [-0.25, -0.2) is 13.2 Å². The molecule has 1 heterocycles. The predicted octanol–water partition coefficient (Wildman–Crippen LogP) is 2.91. The van der Waals surface area contributed by atoms with Crippen molar-refractivity contribution in [2.24, 2.45) is 0 Å². The zero-order chi connectivity index (χ0) is 22.9. The van der Waals surface area contributed by atoms with Crippen molar-refractivity contribution in [3.8, 4) is 6.07 Å². The molecule has 2 rings (SSSR count). The monoisotopic (exact) mass is 455 g/mol. The number of carbonyl (C=O) groups excluding carboxylic acids is 2. The number of hydrogen-bond donors (Lipinski definition) is 1. The minimum atomic E-state index is -3.92. The molecule has 1 N–H and O–H groups in total. The molecule has 0 unspecified atom stereocenters. The fourth-order valence-electron chi connectivity index (χ4n) is 3.07. The van der Waals surface area contributed by atoms with E-state index in [0.717, 1.165) is 4.90 Å². The first-order valence-corrected chi connectivity index (χ1v) is 11.3. The molecule has 30 heavy (non-hydrogen) atoms. The molecule has 0 radical (unpaired) electrons. The van der Waals surface area contributed by atoms with Crippen molar-refractivity contribution < 1.29 is 22.7 Å². The van der Waals surface area contributed by atoms with E-state index in [9.17, 15) is 23.3 Å². The minimum Gasteiger partial charge on any atom is -0.444 e. The SMILES string of the molecule is CC(C)(C#N)NC(=O)[C@@H]1C[C@@H](S(=O)(=O)c2ccccc2Cl)CN1C(=O)OC(C)(C)C. The van der Waals surface area contributed by atoms with Gasteiger partial charge in [-0.05, 0) is 53.2 Å². The molecule has 1 aromatic rings. The number of sulfone groups is 1. The van der Waals surface area contributed by atoms with Crippen LogP contribution in [-0.4, -0.2) is 54.3 Å². The van der Waals surface area contributed by atoms with Crippen LogP contribution in [0.2, 0.25) is 5.02 Å². The van der Waals surface area contributed by atoms with Crippen LogP contribution in [0.15, 0.2) is 29.2 Å². The number of benzene rings is 1. The Kier molecular flexibility index (Phi) is 6.74. The molecule has 164 valence electrons. The van der Waals surface area contributed by atoms with Crippen LogP contribution in [-0.2, 0) is 19.4 Å².